The monoisotopic (exact) mass is 409 g/mol. The largest absolute Gasteiger partial charge is 0.508 e. The Labute approximate surface area is 175 Å². The van der Waals surface area contributed by atoms with Gasteiger partial charge in [-0.05, 0) is 47.2 Å². The summed E-state index contributed by atoms with van der Waals surface area (Å²) >= 11 is 0. The standard InChI is InChI=1S/C24H27NO5/c1-4-15-9-18-17(11-23(27)30-21(18)12-19(15)26)13-25-24(14(2)3)16-5-6-20-22(10-16)29-8-7-28-20/h5-6,9-12,14,24-26H,4,7-8,13H2,1-3H3. The normalized spacial score (nSPS) is 14.3. The predicted molar refractivity (Wildman–Crippen MR) is 115 cm³/mol. The van der Waals surface area contributed by atoms with Gasteiger partial charge < -0.3 is 24.3 Å². The number of aryl methyl sites for hydroxylation is 1. The number of phenolic OH excluding ortho intramolecular Hbond substituents is 1. The van der Waals surface area contributed by atoms with E-state index in [0.717, 1.165) is 33.6 Å². The molecule has 1 aliphatic heterocycles. The molecule has 6 nitrogen and oxygen atoms in total. The highest BCUT2D eigenvalue weighted by molar-refractivity contribution is 5.82. The molecular weight excluding hydrogens is 382 g/mol. The van der Waals surface area contributed by atoms with Gasteiger partial charge in [-0.25, -0.2) is 4.79 Å². The third-order valence-electron chi connectivity index (χ3n) is 5.51. The molecule has 1 atom stereocenters. The van der Waals surface area contributed by atoms with E-state index in [1.165, 1.54) is 12.1 Å². The van der Waals surface area contributed by atoms with Crippen LogP contribution in [0.2, 0.25) is 0 Å². The van der Waals surface area contributed by atoms with Gasteiger partial charge in [0.25, 0.3) is 0 Å². The van der Waals surface area contributed by atoms with E-state index in [4.69, 9.17) is 13.9 Å². The number of aromatic hydroxyl groups is 1. The van der Waals surface area contributed by atoms with E-state index >= 15 is 0 Å². The number of ether oxygens (including phenoxy) is 2. The Morgan fingerprint density at radius 2 is 1.80 bits per heavy atom. The number of rotatable bonds is 6. The Kier molecular flexibility index (Phi) is 5.68. The summed E-state index contributed by atoms with van der Waals surface area (Å²) in [6.45, 7) is 7.89. The molecule has 1 aromatic heterocycles. The molecule has 0 saturated carbocycles. The number of phenols is 1. The Morgan fingerprint density at radius 1 is 1.03 bits per heavy atom. The zero-order chi connectivity index (χ0) is 21.3. The second-order valence-corrected chi connectivity index (χ2v) is 7.93. The van der Waals surface area contributed by atoms with Crippen LogP contribution in [0.4, 0.5) is 0 Å². The molecule has 0 bridgehead atoms. The molecule has 0 spiro atoms. The van der Waals surface area contributed by atoms with Crippen LogP contribution >= 0.6 is 0 Å². The van der Waals surface area contributed by atoms with Crippen molar-refractivity contribution in [3.05, 3.63) is 63.5 Å². The van der Waals surface area contributed by atoms with Crippen LogP contribution in [0.25, 0.3) is 11.0 Å². The first-order valence-electron chi connectivity index (χ1n) is 10.4. The second-order valence-electron chi connectivity index (χ2n) is 7.93. The summed E-state index contributed by atoms with van der Waals surface area (Å²) in [6, 6.07) is 11.0. The fourth-order valence-electron chi connectivity index (χ4n) is 3.95. The van der Waals surface area contributed by atoms with Crippen LogP contribution in [0, 0.1) is 5.92 Å². The Balaban J connectivity index is 1.65. The fraction of sp³-hybridized carbons (Fsp3) is 0.375. The Morgan fingerprint density at radius 3 is 2.53 bits per heavy atom. The van der Waals surface area contributed by atoms with E-state index in [2.05, 4.69) is 25.2 Å². The molecule has 3 aromatic rings. The lowest BCUT2D eigenvalue weighted by Gasteiger charge is -2.26. The van der Waals surface area contributed by atoms with Gasteiger partial charge in [-0.1, -0.05) is 26.8 Å². The molecule has 1 aliphatic rings. The summed E-state index contributed by atoms with van der Waals surface area (Å²) in [5.74, 6) is 2.00. The first-order valence-corrected chi connectivity index (χ1v) is 10.4. The maximum absolute atomic E-state index is 12.1. The van der Waals surface area contributed by atoms with Crippen molar-refractivity contribution in [2.45, 2.75) is 39.8 Å². The lowest BCUT2D eigenvalue weighted by atomic mass is 9.95. The van der Waals surface area contributed by atoms with Crippen molar-refractivity contribution in [2.75, 3.05) is 13.2 Å². The molecule has 2 N–H and O–H groups in total. The van der Waals surface area contributed by atoms with Gasteiger partial charge in [0.05, 0.1) is 0 Å². The molecule has 2 heterocycles. The van der Waals surface area contributed by atoms with E-state index in [-0.39, 0.29) is 11.8 Å². The van der Waals surface area contributed by atoms with E-state index in [1.807, 2.05) is 25.1 Å². The summed E-state index contributed by atoms with van der Waals surface area (Å²) in [6.07, 6.45) is 0.694. The average Bonchev–Trinajstić information content (AvgIpc) is 2.73. The summed E-state index contributed by atoms with van der Waals surface area (Å²) in [7, 11) is 0. The van der Waals surface area contributed by atoms with Crippen LogP contribution in [0.5, 0.6) is 17.2 Å². The van der Waals surface area contributed by atoms with Crippen molar-refractivity contribution in [2.24, 2.45) is 5.92 Å². The highest BCUT2D eigenvalue weighted by Crippen LogP contribution is 2.35. The highest BCUT2D eigenvalue weighted by Gasteiger charge is 2.20. The molecule has 2 aromatic carbocycles. The molecule has 6 heteroatoms. The highest BCUT2D eigenvalue weighted by atomic mass is 16.6. The van der Waals surface area contributed by atoms with E-state index in [0.29, 0.717) is 37.7 Å². The third-order valence-corrected chi connectivity index (χ3v) is 5.51. The quantitative estimate of drug-likeness (QED) is 0.590. The van der Waals surface area contributed by atoms with Crippen molar-refractivity contribution >= 4 is 11.0 Å². The van der Waals surface area contributed by atoms with E-state index in [1.54, 1.807) is 0 Å². The minimum Gasteiger partial charge on any atom is -0.508 e. The number of hydrogen-bond acceptors (Lipinski definition) is 6. The molecule has 158 valence electrons. The van der Waals surface area contributed by atoms with E-state index in [9.17, 15) is 9.90 Å². The number of nitrogens with one attached hydrogen (secondary N) is 1. The van der Waals surface area contributed by atoms with E-state index < -0.39 is 5.63 Å². The van der Waals surface area contributed by atoms with Gasteiger partial charge in [-0.2, -0.15) is 0 Å². The third kappa shape index (κ3) is 4.00. The topological polar surface area (TPSA) is 80.9 Å². The molecule has 4 rings (SSSR count). The Hall–Kier alpha value is -2.99. The molecule has 0 saturated heterocycles. The maximum atomic E-state index is 12.1. The summed E-state index contributed by atoms with van der Waals surface area (Å²) in [5, 5.41) is 14.6. The first-order chi connectivity index (χ1) is 14.5. The van der Waals surface area contributed by atoms with Gasteiger partial charge in [-0.3, -0.25) is 0 Å². The molecule has 1 unspecified atom stereocenters. The van der Waals surface area contributed by atoms with Gasteiger partial charge in [0.15, 0.2) is 11.5 Å². The second kappa shape index (κ2) is 8.40. The smallest absolute Gasteiger partial charge is 0.336 e. The molecule has 30 heavy (non-hydrogen) atoms. The Bertz CT molecular complexity index is 1120. The van der Waals surface area contributed by atoms with Crippen LogP contribution in [-0.4, -0.2) is 18.3 Å². The SMILES string of the molecule is CCc1cc2c(CNC(c3ccc4c(c3)OCCO4)C(C)C)cc(=O)oc2cc1O. The van der Waals surface area contributed by atoms with Crippen LogP contribution in [0.1, 0.15) is 43.5 Å². The van der Waals surface area contributed by atoms with Gasteiger partial charge in [0.2, 0.25) is 0 Å². The minimum atomic E-state index is -0.427. The molecular formula is C24H27NO5. The lowest BCUT2D eigenvalue weighted by molar-refractivity contribution is 0.171. The molecule has 0 fully saturated rings. The molecule has 0 radical (unpaired) electrons. The summed E-state index contributed by atoms with van der Waals surface area (Å²) in [4.78, 5) is 12.1. The molecule has 0 aliphatic carbocycles. The van der Waals surface area contributed by atoms with Crippen molar-refractivity contribution < 1.29 is 19.0 Å². The van der Waals surface area contributed by atoms with Crippen LogP contribution < -0.4 is 20.4 Å². The van der Waals surface area contributed by atoms with Crippen LogP contribution in [-0.2, 0) is 13.0 Å². The van der Waals surface area contributed by atoms with Crippen molar-refractivity contribution in [1.82, 2.24) is 5.32 Å². The molecule has 0 amide bonds. The number of benzene rings is 2. The van der Waals surface area contributed by atoms with Crippen molar-refractivity contribution in [1.29, 1.82) is 0 Å². The first kappa shape index (κ1) is 20.3. The van der Waals surface area contributed by atoms with Crippen molar-refractivity contribution in [3.63, 3.8) is 0 Å². The number of hydrogen-bond donors (Lipinski definition) is 2. The zero-order valence-electron chi connectivity index (χ0n) is 17.5. The van der Waals surface area contributed by atoms with Gasteiger partial charge in [0.1, 0.15) is 24.5 Å². The average molecular weight is 409 g/mol. The summed E-state index contributed by atoms with van der Waals surface area (Å²) in [5.41, 5.74) is 2.75. The lowest BCUT2D eigenvalue weighted by Crippen LogP contribution is -2.26. The van der Waals surface area contributed by atoms with Crippen molar-refractivity contribution in [3.8, 4) is 17.2 Å². The van der Waals surface area contributed by atoms with Gasteiger partial charge >= 0.3 is 5.63 Å². The zero-order valence-corrected chi connectivity index (χ0v) is 17.5. The van der Waals surface area contributed by atoms with Crippen LogP contribution in [0.15, 0.2) is 45.6 Å². The van der Waals surface area contributed by atoms with Gasteiger partial charge in [-0.15, -0.1) is 0 Å². The maximum Gasteiger partial charge on any atom is 0.336 e. The minimum absolute atomic E-state index is 0.0610. The summed E-state index contributed by atoms with van der Waals surface area (Å²) < 4.78 is 16.7. The fourth-order valence-corrected chi connectivity index (χ4v) is 3.95. The van der Waals surface area contributed by atoms with Gasteiger partial charge in [0, 0.05) is 30.1 Å². The van der Waals surface area contributed by atoms with Crippen LogP contribution in [0.3, 0.4) is 0 Å². The predicted octanol–water partition coefficient (Wildman–Crippen LogP) is 4.32. The number of fused-ring (bicyclic) bond motifs is 2.